The van der Waals surface area contributed by atoms with Crippen LogP contribution in [0, 0.1) is 19.3 Å². The molecule has 1 N–H and O–H groups in total. The molecule has 0 bridgehead atoms. The third kappa shape index (κ3) is 4.70. The largest absolute Gasteiger partial charge is 0.401 e. The van der Waals surface area contributed by atoms with Crippen molar-refractivity contribution in [3.63, 3.8) is 0 Å². The summed E-state index contributed by atoms with van der Waals surface area (Å²) in [7, 11) is 0. The SMILES string of the molecule is C=CC(=O)N1CC2(CC(n3nc(N4CCN(CC(F)(F)F)CC4(C)C)c(-c4c(Cl)c(C)cc5[nH]ncc45)c3C)C2)C1. The number of carbonyl (C=O) groups excluding carboxylic acids is 1. The van der Waals surface area contributed by atoms with E-state index in [0.29, 0.717) is 11.6 Å². The number of anilines is 1. The lowest BCUT2D eigenvalue weighted by Crippen LogP contribution is -2.63. The lowest BCUT2D eigenvalue weighted by atomic mass is 9.60. The molecule has 1 aromatic carbocycles. The summed E-state index contributed by atoms with van der Waals surface area (Å²) in [5.74, 6) is 0.691. The summed E-state index contributed by atoms with van der Waals surface area (Å²) in [5.41, 5.74) is 3.93. The normalized spacial score (nSPS) is 20.9. The number of piperazine rings is 1. The first-order valence-corrected chi connectivity index (χ1v) is 14.3. The topological polar surface area (TPSA) is 73.3 Å². The molecule has 1 aliphatic carbocycles. The van der Waals surface area contributed by atoms with E-state index in [0.717, 1.165) is 65.0 Å². The summed E-state index contributed by atoms with van der Waals surface area (Å²) < 4.78 is 41.8. The number of fused-ring (bicyclic) bond motifs is 1. The summed E-state index contributed by atoms with van der Waals surface area (Å²) in [6.45, 7) is 13.0. The van der Waals surface area contributed by atoms with Crippen molar-refractivity contribution in [1.82, 2.24) is 29.8 Å². The minimum absolute atomic E-state index is 0.0379. The van der Waals surface area contributed by atoms with Crippen molar-refractivity contribution < 1.29 is 18.0 Å². The van der Waals surface area contributed by atoms with Crippen molar-refractivity contribution in [2.75, 3.05) is 44.2 Å². The molecule has 0 radical (unpaired) electrons. The van der Waals surface area contributed by atoms with Gasteiger partial charge in [-0.2, -0.15) is 23.4 Å². The Morgan fingerprint density at radius 1 is 1.20 bits per heavy atom. The number of hydrogen-bond donors (Lipinski definition) is 1. The van der Waals surface area contributed by atoms with E-state index in [1.165, 1.54) is 11.0 Å². The molecule has 8 nitrogen and oxygen atoms in total. The van der Waals surface area contributed by atoms with Crippen LogP contribution >= 0.6 is 11.6 Å². The van der Waals surface area contributed by atoms with Crippen LogP contribution in [0.15, 0.2) is 24.9 Å². The molecule has 3 aromatic rings. The Balaban J connectivity index is 1.40. The van der Waals surface area contributed by atoms with E-state index < -0.39 is 18.3 Å². The Bertz CT molecular complexity index is 1530. The van der Waals surface area contributed by atoms with Crippen LogP contribution in [0.3, 0.4) is 0 Å². The summed E-state index contributed by atoms with van der Waals surface area (Å²) in [6.07, 6.45) is 0.678. The van der Waals surface area contributed by atoms with Crippen LogP contribution in [-0.4, -0.2) is 86.7 Å². The van der Waals surface area contributed by atoms with E-state index in [-0.39, 0.29) is 30.5 Å². The number of carbonyl (C=O) groups is 1. The zero-order valence-electron chi connectivity index (χ0n) is 23.8. The second-order valence-corrected chi connectivity index (χ2v) is 13.1. The van der Waals surface area contributed by atoms with E-state index in [1.54, 1.807) is 6.20 Å². The van der Waals surface area contributed by atoms with Crippen molar-refractivity contribution in [3.05, 3.63) is 41.2 Å². The van der Waals surface area contributed by atoms with Crippen LogP contribution in [0.5, 0.6) is 0 Å². The average Bonchev–Trinajstić information content (AvgIpc) is 3.41. The molecule has 1 amide bonds. The zero-order chi connectivity index (χ0) is 29.5. The number of halogens is 4. The number of H-pyrrole nitrogens is 1. The number of nitrogens with zero attached hydrogens (tertiary/aromatic N) is 6. The van der Waals surface area contributed by atoms with Gasteiger partial charge in [0.05, 0.1) is 29.3 Å². The molecule has 6 rings (SSSR count). The third-order valence-corrected chi connectivity index (χ3v) is 9.59. The fourth-order valence-electron chi connectivity index (χ4n) is 7.24. The van der Waals surface area contributed by atoms with E-state index in [9.17, 15) is 18.0 Å². The highest BCUT2D eigenvalue weighted by atomic mass is 35.5. The number of nitrogens with one attached hydrogen (secondary N) is 1. The maximum absolute atomic E-state index is 13.3. The van der Waals surface area contributed by atoms with Gasteiger partial charge in [0.15, 0.2) is 5.82 Å². The molecule has 3 aliphatic rings. The minimum atomic E-state index is -4.25. The predicted octanol–water partition coefficient (Wildman–Crippen LogP) is 5.51. The highest BCUT2D eigenvalue weighted by Gasteiger charge is 2.54. The highest BCUT2D eigenvalue weighted by Crippen LogP contribution is 2.55. The van der Waals surface area contributed by atoms with Gasteiger partial charge in [-0.3, -0.25) is 19.5 Å². The molecule has 1 spiro atoms. The molecule has 2 aliphatic heterocycles. The number of aromatic nitrogens is 4. The van der Waals surface area contributed by atoms with E-state index in [2.05, 4.69) is 26.4 Å². The van der Waals surface area contributed by atoms with Crippen molar-refractivity contribution in [1.29, 1.82) is 0 Å². The summed E-state index contributed by atoms with van der Waals surface area (Å²) in [5, 5.41) is 14.0. The lowest BCUT2D eigenvalue weighted by molar-refractivity contribution is -0.149. The first-order chi connectivity index (χ1) is 19.2. The predicted molar refractivity (Wildman–Crippen MR) is 153 cm³/mol. The quantitative estimate of drug-likeness (QED) is 0.398. The number of alkyl halides is 3. The van der Waals surface area contributed by atoms with Crippen LogP contribution < -0.4 is 4.90 Å². The highest BCUT2D eigenvalue weighted by molar-refractivity contribution is 6.36. The zero-order valence-corrected chi connectivity index (χ0v) is 24.5. The maximum atomic E-state index is 13.3. The fraction of sp³-hybridized carbons (Fsp3) is 0.552. The number of aromatic amines is 1. The summed E-state index contributed by atoms with van der Waals surface area (Å²) in [4.78, 5) is 17.4. The van der Waals surface area contributed by atoms with Crippen LogP contribution in [0.2, 0.25) is 5.02 Å². The minimum Gasteiger partial charge on any atom is -0.347 e. The van der Waals surface area contributed by atoms with Crippen molar-refractivity contribution in [2.24, 2.45) is 5.41 Å². The van der Waals surface area contributed by atoms with Crippen LogP contribution in [0.1, 0.15) is 44.0 Å². The van der Waals surface area contributed by atoms with E-state index in [4.69, 9.17) is 16.7 Å². The van der Waals surface area contributed by atoms with Gasteiger partial charge in [0, 0.05) is 65.9 Å². The fourth-order valence-corrected chi connectivity index (χ4v) is 7.49. The summed E-state index contributed by atoms with van der Waals surface area (Å²) in [6, 6.07) is 2.12. The average molecular weight is 590 g/mol. The first kappa shape index (κ1) is 28.1. The number of rotatable bonds is 5. The second-order valence-electron chi connectivity index (χ2n) is 12.7. The molecule has 2 saturated heterocycles. The molecule has 0 unspecified atom stereocenters. The second kappa shape index (κ2) is 9.49. The molecule has 3 fully saturated rings. The molecule has 220 valence electrons. The van der Waals surface area contributed by atoms with E-state index >= 15 is 0 Å². The Morgan fingerprint density at radius 3 is 2.54 bits per heavy atom. The van der Waals surface area contributed by atoms with Gasteiger partial charge in [-0.05, 0) is 58.2 Å². The van der Waals surface area contributed by atoms with Gasteiger partial charge in [0.25, 0.3) is 0 Å². The third-order valence-electron chi connectivity index (χ3n) is 9.11. The van der Waals surface area contributed by atoms with Crippen LogP contribution in [-0.2, 0) is 4.79 Å². The Labute approximate surface area is 242 Å². The monoisotopic (exact) mass is 589 g/mol. The van der Waals surface area contributed by atoms with Crippen molar-refractivity contribution in [3.8, 4) is 11.1 Å². The number of amides is 1. The number of aryl methyl sites for hydroxylation is 1. The lowest BCUT2D eigenvalue weighted by Gasteiger charge is -2.58. The van der Waals surface area contributed by atoms with Gasteiger partial charge in [-0.15, -0.1) is 0 Å². The molecule has 41 heavy (non-hydrogen) atoms. The van der Waals surface area contributed by atoms with Gasteiger partial charge < -0.3 is 9.80 Å². The van der Waals surface area contributed by atoms with Crippen molar-refractivity contribution in [2.45, 2.75) is 58.3 Å². The Hall–Kier alpha value is -3.05. The van der Waals surface area contributed by atoms with Crippen LogP contribution in [0.25, 0.3) is 22.0 Å². The smallest absolute Gasteiger partial charge is 0.347 e. The van der Waals surface area contributed by atoms with Gasteiger partial charge >= 0.3 is 6.18 Å². The number of likely N-dealkylation sites (tertiary alicyclic amines) is 1. The summed E-state index contributed by atoms with van der Waals surface area (Å²) >= 11 is 7.01. The first-order valence-electron chi connectivity index (χ1n) is 13.9. The maximum Gasteiger partial charge on any atom is 0.401 e. The van der Waals surface area contributed by atoms with Crippen LogP contribution in [0.4, 0.5) is 19.0 Å². The Morgan fingerprint density at radius 2 is 1.90 bits per heavy atom. The molecule has 1 saturated carbocycles. The van der Waals surface area contributed by atoms with Crippen molar-refractivity contribution >= 4 is 34.2 Å². The van der Waals surface area contributed by atoms with Gasteiger partial charge in [-0.25, -0.2) is 0 Å². The molecule has 2 aromatic heterocycles. The number of hydrogen-bond acceptors (Lipinski definition) is 5. The van der Waals surface area contributed by atoms with Gasteiger partial charge in [-0.1, -0.05) is 18.2 Å². The molecule has 12 heteroatoms. The van der Waals surface area contributed by atoms with E-state index in [1.807, 2.05) is 38.7 Å². The molecular formula is C29H35ClF3N7O. The molecule has 0 atom stereocenters. The standard InChI is InChI=1S/C29H35ClF3N7O/c1-6-22(41)38-14-28(15-38)10-19(11-28)40-18(3)23(24-20-12-34-35-21(20)9-17(2)25(24)30)26(36-40)39-8-7-37(13-27(39,4)5)16-29(31,32)33/h6,9,12,19H,1,7-8,10-11,13-16H2,2-5H3,(H,34,35). The Kier molecular flexibility index (Phi) is 6.50. The van der Waals surface area contributed by atoms with Gasteiger partial charge in [0.1, 0.15) is 0 Å². The molecule has 4 heterocycles. The number of benzene rings is 1. The molecular weight excluding hydrogens is 555 g/mol. The van der Waals surface area contributed by atoms with Gasteiger partial charge in [0.2, 0.25) is 5.91 Å².